The van der Waals surface area contributed by atoms with Crippen molar-refractivity contribution < 1.29 is 20.1 Å². The number of aromatic nitrogens is 1. The quantitative estimate of drug-likeness (QED) is 0.668. The molecule has 3 N–H and O–H groups in total. The topological polar surface area (TPSA) is 90.7 Å². The van der Waals surface area contributed by atoms with E-state index in [1.807, 2.05) is 0 Å². The number of hydrogen-bond donors (Lipinski definition) is 3. The molecule has 0 aliphatic rings. The van der Waals surface area contributed by atoms with E-state index in [1.165, 1.54) is 18.5 Å². The molecule has 1 rings (SSSR count). The fourth-order valence-electron chi connectivity index (χ4n) is 1.31. The largest absolute Gasteiger partial charge is 0.478 e. The van der Waals surface area contributed by atoms with E-state index in [9.17, 15) is 15.0 Å². The maximum atomic E-state index is 10.9. The lowest BCUT2D eigenvalue weighted by Crippen LogP contribution is -2.21. The second-order valence-corrected chi connectivity index (χ2v) is 3.64. The summed E-state index contributed by atoms with van der Waals surface area (Å²) in [5.74, 6) is -0.990. The second kappa shape index (κ2) is 5.79. The summed E-state index contributed by atoms with van der Waals surface area (Å²) in [7, 11) is 0. The first kappa shape index (κ1) is 12.9. The van der Waals surface area contributed by atoms with Gasteiger partial charge in [0, 0.05) is 23.8 Å². The van der Waals surface area contributed by atoms with Crippen LogP contribution in [0.1, 0.15) is 28.4 Å². The molecule has 1 aromatic rings. The Morgan fingerprint density at radius 3 is 2.75 bits per heavy atom. The number of aliphatic hydroxyl groups excluding tert-OH is 2. The molecule has 0 aliphatic heterocycles. The van der Waals surface area contributed by atoms with Gasteiger partial charge in [-0.3, -0.25) is 4.98 Å². The lowest BCUT2D eigenvalue weighted by molar-refractivity contribution is 0.0158. The van der Waals surface area contributed by atoms with Gasteiger partial charge in [-0.2, -0.15) is 0 Å². The van der Waals surface area contributed by atoms with E-state index >= 15 is 0 Å². The zero-order valence-electron chi connectivity index (χ0n) is 8.38. The van der Waals surface area contributed by atoms with Crippen LogP contribution in [0.15, 0.2) is 18.5 Å². The van der Waals surface area contributed by atoms with Crippen molar-refractivity contribution in [3.8, 4) is 0 Å². The van der Waals surface area contributed by atoms with Crippen LogP contribution in [0, 0.1) is 0 Å². The van der Waals surface area contributed by atoms with Gasteiger partial charge in [0.25, 0.3) is 0 Å². The smallest absolute Gasteiger partial charge is 0.336 e. The molecule has 2 atom stereocenters. The molecular formula is C10H12ClNO4. The molecule has 0 aliphatic carbocycles. The Labute approximate surface area is 97.3 Å². The van der Waals surface area contributed by atoms with Gasteiger partial charge in [0.2, 0.25) is 0 Å². The molecular weight excluding hydrogens is 234 g/mol. The first-order chi connectivity index (χ1) is 7.57. The Bertz CT molecular complexity index is 372. The molecule has 2 unspecified atom stereocenters. The molecule has 1 heterocycles. The Morgan fingerprint density at radius 1 is 1.50 bits per heavy atom. The average Bonchev–Trinajstić information content (AvgIpc) is 2.28. The van der Waals surface area contributed by atoms with Crippen LogP contribution in [0.2, 0.25) is 0 Å². The predicted molar refractivity (Wildman–Crippen MR) is 57.5 cm³/mol. The van der Waals surface area contributed by atoms with Gasteiger partial charge in [0.1, 0.15) is 6.10 Å². The highest BCUT2D eigenvalue weighted by Gasteiger charge is 2.23. The van der Waals surface area contributed by atoms with Gasteiger partial charge in [-0.1, -0.05) is 0 Å². The molecule has 0 radical (unpaired) electrons. The van der Waals surface area contributed by atoms with Crippen molar-refractivity contribution in [2.75, 3.05) is 5.88 Å². The number of rotatable bonds is 5. The van der Waals surface area contributed by atoms with Gasteiger partial charge in [-0.05, 0) is 12.5 Å². The van der Waals surface area contributed by atoms with E-state index < -0.39 is 18.2 Å². The van der Waals surface area contributed by atoms with Crippen molar-refractivity contribution >= 4 is 17.6 Å². The molecule has 0 amide bonds. The third-order valence-corrected chi connectivity index (χ3v) is 2.39. The lowest BCUT2D eigenvalue weighted by Gasteiger charge is -2.18. The number of aromatic carboxylic acids is 1. The first-order valence-corrected chi connectivity index (χ1v) is 5.20. The Hall–Kier alpha value is -1.17. The number of nitrogens with zero attached hydrogens (tertiary/aromatic N) is 1. The highest BCUT2D eigenvalue weighted by atomic mass is 35.5. The summed E-state index contributed by atoms with van der Waals surface area (Å²) >= 11 is 5.43. The van der Waals surface area contributed by atoms with E-state index in [4.69, 9.17) is 16.7 Å². The van der Waals surface area contributed by atoms with Crippen LogP contribution in [0.5, 0.6) is 0 Å². The van der Waals surface area contributed by atoms with Crippen molar-refractivity contribution in [3.63, 3.8) is 0 Å². The van der Waals surface area contributed by atoms with Gasteiger partial charge < -0.3 is 15.3 Å². The molecule has 16 heavy (non-hydrogen) atoms. The van der Waals surface area contributed by atoms with Crippen LogP contribution in [0.4, 0.5) is 0 Å². The lowest BCUT2D eigenvalue weighted by atomic mass is 10.00. The SMILES string of the molecule is O=C(O)c1ccncc1C(O)C(O)CCCl. The summed E-state index contributed by atoms with van der Waals surface area (Å²) < 4.78 is 0. The third kappa shape index (κ3) is 2.91. The zero-order chi connectivity index (χ0) is 12.1. The van der Waals surface area contributed by atoms with Crippen molar-refractivity contribution in [1.82, 2.24) is 4.98 Å². The van der Waals surface area contributed by atoms with E-state index in [0.29, 0.717) is 0 Å². The second-order valence-electron chi connectivity index (χ2n) is 3.26. The van der Waals surface area contributed by atoms with Crippen molar-refractivity contribution in [2.24, 2.45) is 0 Å². The summed E-state index contributed by atoms with van der Waals surface area (Å²) in [6.07, 6.45) is 0.328. The van der Waals surface area contributed by atoms with Gasteiger partial charge in [0.15, 0.2) is 0 Å². The van der Waals surface area contributed by atoms with Crippen LogP contribution in [-0.2, 0) is 0 Å². The number of halogens is 1. The molecule has 0 saturated heterocycles. The fraction of sp³-hybridized carbons (Fsp3) is 0.400. The molecule has 0 fully saturated rings. The molecule has 0 aromatic carbocycles. The predicted octanol–water partition coefficient (Wildman–Crippen LogP) is 0.803. The third-order valence-electron chi connectivity index (χ3n) is 2.17. The van der Waals surface area contributed by atoms with E-state index in [-0.39, 0.29) is 23.4 Å². The highest BCUT2D eigenvalue weighted by molar-refractivity contribution is 6.17. The number of aliphatic hydroxyl groups is 2. The molecule has 6 heteroatoms. The molecule has 0 bridgehead atoms. The van der Waals surface area contributed by atoms with E-state index in [0.717, 1.165) is 0 Å². The minimum absolute atomic E-state index is 0.0730. The van der Waals surface area contributed by atoms with Crippen molar-refractivity contribution in [3.05, 3.63) is 29.6 Å². The van der Waals surface area contributed by atoms with E-state index in [1.54, 1.807) is 0 Å². The standard InChI is InChI=1S/C10H12ClNO4/c11-3-1-8(13)9(14)7-5-12-4-2-6(7)10(15)16/h2,4-5,8-9,13-14H,1,3H2,(H,15,16). The monoisotopic (exact) mass is 245 g/mol. The van der Waals surface area contributed by atoms with E-state index in [2.05, 4.69) is 4.98 Å². The zero-order valence-corrected chi connectivity index (χ0v) is 9.13. The molecule has 88 valence electrons. The van der Waals surface area contributed by atoms with Crippen molar-refractivity contribution in [1.29, 1.82) is 0 Å². The maximum absolute atomic E-state index is 10.9. The maximum Gasteiger partial charge on any atom is 0.336 e. The first-order valence-electron chi connectivity index (χ1n) is 4.67. The van der Waals surface area contributed by atoms with Crippen LogP contribution in [0.25, 0.3) is 0 Å². The van der Waals surface area contributed by atoms with Crippen LogP contribution < -0.4 is 0 Å². The van der Waals surface area contributed by atoms with Gasteiger partial charge >= 0.3 is 5.97 Å². The van der Waals surface area contributed by atoms with Crippen molar-refractivity contribution in [2.45, 2.75) is 18.6 Å². The molecule has 5 nitrogen and oxygen atoms in total. The van der Waals surface area contributed by atoms with Gasteiger partial charge in [0.05, 0.1) is 11.7 Å². The normalized spacial score (nSPS) is 14.4. The number of hydrogen-bond acceptors (Lipinski definition) is 4. The fourth-order valence-corrected chi connectivity index (χ4v) is 1.54. The summed E-state index contributed by atoms with van der Waals surface area (Å²) in [5, 5.41) is 28.1. The average molecular weight is 246 g/mol. The Balaban J connectivity index is 2.98. The summed E-state index contributed by atoms with van der Waals surface area (Å²) in [4.78, 5) is 14.6. The van der Waals surface area contributed by atoms with Gasteiger partial charge in [-0.25, -0.2) is 4.79 Å². The molecule has 0 spiro atoms. The number of pyridine rings is 1. The minimum Gasteiger partial charge on any atom is -0.478 e. The molecule has 0 saturated carbocycles. The summed E-state index contributed by atoms with van der Waals surface area (Å²) in [6.45, 7) is 0. The number of alkyl halides is 1. The summed E-state index contributed by atoms with van der Waals surface area (Å²) in [5.41, 5.74) is 0.0174. The Morgan fingerprint density at radius 2 is 2.19 bits per heavy atom. The summed E-state index contributed by atoms with van der Waals surface area (Å²) in [6, 6.07) is 1.27. The van der Waals surface area contributed by atoms with Crippen LogP contribution in [-0.4, -0.2) is 38.3 Å². The van der Waals surface area contributed by atoms with Crippen LogP contribution in [0.3, 0.4) is 0 Å². The Kier molecular flexibility index (Phi) is 4.67. The number of carboxylic acid groups (broad SMARTS) is 1. The number of carbonyl (C=O) groups is 1. The van der Waals surface area contributed by atoms with Crippen LogP contribution >= 0.6 is 11.6 Å². The number of carboxylic acids is 1. The van der Waals surface area contributed by atoms with Gasteiger partial charge in [-0.15, -0.1) is 11.6 Å². The highest BCUT2D eigenvalue weighted by Crippen LogP contribution is 2.22. The molecule has 1 aromatic heterocycles. The minimum atomic E-state index is -1.29.